The maximum absolute atomic E-state index is 6.62. The summed E-state index contributed by atoms with van der Waals surface area (Å²) in [5.74, 6) is 1.45. The van der Waals surface area contributed by atoms with E-state index in [0.29, 0.717) is 5.75 Å². The fourth-order valence-electron chi connectivity index (χ4n) is 7.09. The highest BCUT2D eigenvalue weighted by Gasteiger charge is 2.20. The van der Waals surface area contributed by atoms with Crippen molar-refractivity contribution in [1.82, 2.24) is 28.7 Å². The number of imidazole rings is 2. The maximum atomic E-state index is 6.62. The van der Waals surface area contributed by atoms with Crippen LogP contribution in [0.5, 0.6) is 11.5 Å². The Morgan fingerprint density at radius 1 is 0.511 bits per heavy atom. The molecular formula is C40H28N6O. The van der Waals surface area contributed by atoms with Crippen LogP contribution in [0.25, 0.3) is 77.0 Å². The van der Waals surface area contributed by atoms with Gasteiger partial charge in [-0.15, -0.1) is 0 Å². The number of nitrogens with zero attached hydrogens (tertiary/aromatic N) is 6. The molecule has 0 radical (unpaired) electrons. The average Bonchev–Trinajstić information content (AvgIpc) is 3.68. The SMILES string of the molecule is CC(C)(C)c1ccc2c3ccc(Oc4ccc5c(c4)c4nc6ccccc6n4c4nccnc54)cc3c3nc4ccccc4n3c2c1. The van der Waals surface area contributed by atoms with Gasteiger partial charge in [-0.05, 0) is 83.1 Å². The molecule has 47 heavy (non-hydrogen) atoms. The van der Waals surface area contributed by atoms with Gasteiger partial charge in [-0.2, -0.15) is 0 Å². The summed E-state index contributed by atoms with van der Waals surface area (Å²) in [4.78, 5) is 19.6. The van der Waals surface area contributed by atoms with Gasteiger partial charge in [-0.25, -0.2) is 15.0 Å². The molecule has 0 unspecified atom stereocenters. The fraction of sp³-hybridized carbons (Fsp3) is 0.100. The minimum Gasteiger partial charge on any atom is -0.457 e. The van der Waals surface area contributed by atoms with Crippen molar-refractivity contribution >= 4 is 77.0 Å². The fourth-order valence-corrected chi connectivity index (χ4v) is 7.09. The predicted molar refractivity (Wildman–Crippen MR) is 190 cm³/mol. The topological polar surface area (TPSA) is 69.6 Å². The van der Waals surface area contributed by atoms with E-state index in [2.05, 4.69) is 96.3 Å². The highest BCUT2D eigenvalue weighted by molar-refractivity contribution is 6.14. The summed E-state index contributed by atoms with van der Waals surface area (Å²) in [6, 6.07) is 35.7. The standard InChI is InChI=1S/C40H28N6O/c1-40(2,3)23-12-15-27-26-16-13-24(21-29(26)37-43-31-8-4-6-10-33(31)45(37)35(27)20-23)47-25-14-17-28-30(22-25)38-44-32-9-5-7-11-34(32)46(38)39-36(28)41-18-19-42-39/h4-22H,1-3H3. The second-order valence-corrected chi connectivity index (χ2v) is 13.2. The third-order valence-corrected chi connectivity index (χ3v) is 9.36. The van der Waals surface area contributed by atoms with Gasteiger partial charge in [0.1, 0.15) is 28.3 Å². The molecular weight excluding hydrogens is 580 g/mol. The van der Waals surface area contributed by atoms with Crippen molar-refractivity contribution < 1.29 is 4.74 Å². The minimum absolute atomic E-state index is 0.0248. The molecule has 0 atom stereocenters. The van der Waals surface area contributed by atoms with Gasteiger partial charge >= 0.3 is 0 Å². The summed E-state index contributed by atoms with van der Waals surface area (Å²) < 4.78 is 11.0. The Kier molecular flexibility index (Phi) is 5.14. The zero-order valence-electron chi connectivity index (χ0n) is 26.1. The van der Waals surface area contributed by atoms with E-state index in [1.807, 2.05) is 36.4 Å². The zero-order valence-corrected chi connectivity index (χ0v) is 26.1. The molecule has 10 aromatic rings. The number of benzene rings is 5. The molecule has 10 rings (SSSR count). The van der Waals surface area contributed by atoms with Crippen molar-refractivity contribution in [1.29, 1.82) is 0 Å². The quantitative estimate of drug-likeness (QED) is 0.183. The van der Waals surface area contributed by atoms with Gasteiger partial charge in [0.15, 0.2) is 5.65 Å². The summed E-state index contributed by atoms with van der Waals surface area (Å²) in [5, 5.41) is 5.30. The molecule has 0 aliphatic carbocycles. The van der Waals surface area contributed by atoms with E-state index < -0.39 is 0 Å². The highest BCUT2D eigenvalue weighted by Crippen LogP contribution is 2.38. The number of aromatic nitrogens is 6. The van der Waals surface area contributed by atoms with Crippen LogP contribution in [0.3, 0.4) is 0 Å². The molecule has 7 nitrogen and oxygen atoms in total. The van der Waals surface area contributed by atoms with Crippen LogP contribution >= 0.6 is 0 Å². The van der Waals surface area contributed by atoms with Crippen LogP contribution in [0.2, 0.25) is 0 Å². The molecule has 5 aromatic carbocycles. The van der Waals surface area contributed by atoms with Crippen LogP contribution in [0, 0.1) is 0 Å². The van der Waals surface area contributed by atoms with Crippen molar-refractivity contribution in [2.45, 2.75) is 26.2 Å². The van der Waals surface area contributed by atoms with Crippen molar-refractivity contribution in [3.63, 3.8) is 0 Å². The Labute approximate surface area is 268 Å². The van der Waals surface area contributed by atoms with Crippen LogP contribution in [0.15, 0.2) is 116 Å². The molecule has 0 spiro atoms. The van der Waals surface area contributed by atoms with Crippen molar-refractivity contribution in [2.24, 2.45) is 0 Å². The molecule has 7 heteroatoms. The Morgan fingerprint density at radius 3 is 1.83 bits per heavy atom. The highest BCUT2D eigenvalue weighted by atomic mass is 16.5. The molecule has 0 saturated heterocycles. The molecule has 0 N–H and O–H groups in total. The van der Waals surface area contributed by atoms with Crippen LogP contribution in [0.4, 0.5) is 0 Å². The lowest BCUT2D eigenvalue weighted by molar-refractivity contribution is 0.484. The normalized spacial score (nSPS) is 12.6. The van der Waals surface area contributed by atoms with Gasteiger partial charge in [0, 0.05) is 33.9 Å². The first-order valence-corrected chi connectivity index (χ1v) is 15.8. The number of rotatable bonds is 2. The Balaban J connectivity index is 1.19. The van der Waals surface area contributed by atoms with E-state index in [1.165, 1.54) is 10.9 Å². The maximum Gasteiger partial charge on any atom is 0.165 e. The van der Waals surface area contributed by atoms with Crippen LogP contribution in [-0.4, -0.2) is 28.7 Å². The molecule has 5 aromatic heterocycles. The summed E-state index contributed by atoms with van der Waals surface area (Å²) >= 11 is 0. The third kappa shape index (κ3) is 3.74. The lowest BCUT2D eigenvalue weighted by Gasteiger charge is -2.20. The molecule has 224 valence electrons. The molecule has 0 bridgehead atoms. The number of ether oxygens (including phenoxy) is 1. The minimum atomic E-state index is 0.0248. The number of pyridine rings is 2. The first-order chi connectivity index (χ1) is 22.9. The van der Waals surface area contributed by atoms with E-state index in [1.54, 1.807) is 12.4 Å². The first kappa shape index (κ1) is 26.2. The largest absolute Gasteiger partial charge is 0.457 e. The van der Waals surface area contributed by atoms with E-state index >= 15 is 0 Å². The van der Waals surface area contributed by atoms with Gasteiger partial charge in [0.2, 0.25) is 0 Å². The summed E-state index contributed by atoms with van der Waals surface area (Å²) in [6.45, 7) is 6.76. The zero-order chi connectivity index (χ0) is 31.4. The smallest absolute Gasteiger partial charge is 0.165 e. The molecule has 0 amide bonds. The number of para-hydroxylation sites is 4. The van der Waals surface area contributed by atoms with Crippen LogP contribution in [0.1, 0.15) is 26.3 Å². The Hall–Kier alpha value is -6.08. The molecule has 0 aliphatic heterocycles. The van der Waals surface area contributed by atoms with Gasteiger partial charge in [0.05, 0.1) is 27.6 Å². The first-order valence-electron chi connectivity index (χ1n) is 15.8. The van der Waals surface area contributed by atoms with Gasteiger partial charge in [-0.1, -0.05) is 57.2 Å². The van der Waals surface area contributed by atoms with Crippen LogP contribution in [-0.2, 0) is 5.41 Å². The van der Waals surface area contributed by atoms with E-state index in [-0.39, 0.29) is 5.41 Å². The van der Waals surface area contributed by atoms with Crippen molar-refractivity contribution in [3.8, 4) is 11.5 Å². The van der Waals surface area contributed by atoms with Crippen LogP contribution < -0.4 is 4.74 Å². The monoisotopic (exact) mass is 608 g/mol. The summed E-state index contributed by atoms with van der Waals surface area (Å²) in [5.41, 5.74) is 9.78. The molecule has 0 aliphatic rings. The van der Waals surface area contributed by atoms with E-state index in [0.717, 1.165) is 77.3 Å². The lowest BCUT2D eigenvalue weighted by Crippen LogP contribution is -2.11. The number of hydrogen-bond donors (Lipinski definition) is 0. The second-order valence-electron chi connectivity index (χ2n) is 13.2. The molecule has 0 saturated carbocycles. The van der Waals surface area contributed by atoms with Gasteiger partial charge in [0.25, 0.3) is 0 Å². The van der Waals surface area contributed by atoms with Gasteiger partial charge in [-0.3, -0.25) is 13.8 Å². The number of fused-ring (bicyclic) bond motifs is 16. The van der Waals surface area contributed by atoms with E-state index in [9.17, 15) is 0 Å². The molecule has 0 fully saturated rings. The van der Waals surface area contributed by atoms with Crippen molar-refractivity contribution in [2.75, 3.05) is 0 Å². The summed E-state index contributed by atoms with van der Waals surface area (Å²) in [7, 11) is 0. The van der Waals surface area contributed by atoms with Crippen molar-refractivity contribution in [3.05, 3.63) is 121 Å². The Bertz CT molecular complexity index is 2930. The van der Waals surface area contributed by atoms with E-state index in [4.69, 9.17) is 24.7 Å². The second kappa shape index (κ2) is 9.23. The lowest BCUT2D eigenvalue weighted by atomic mass is 9.86. The summed E-state index contributed by atoms with van der Waals surface area (Å²) in [6.07, 6.45) is 3.46. The third-order valence-electron chi connectivity index (χ3n) is 9.36. The van der Waals surface area contributed by atoms with Gasteiger partial charge < -0.3 is 4.74 Å². The molecule has 5 heterocycles. The Morgan fingerprint density at radius 2 is 1.11 bits per heavy atom. The average molecular weight is 609 g/mol. The number of hydrogen-bond acceptors (Lipinski definition) is 5. The predicted octanol–water partition coefficient (Wildman–Crippen LogP) is 9.78.